The summed E-state index contributed by atoms with van der Waals surface area (Å²) in [5, 5.41) is 0.901. The predicted octanol–water partition coefficient (Wildman–Crippen LogP) is 3.68. The van der Waals surface area contributed by atoms with Crippen molar-refractivity contribution in [1.29, 1.82) is 0 Å². The molecule has 0 saturated carbocycles. The van der Waals surface area contributed by atoms with Crippen LogP contribution in [0.2, 0.25) is 24.9 Å². The average molecular weight is 351 g/mol. The van der Waals surface area contributed by atoms with Gasteiger partial charge in [0.15, 0.2) is 0 Å². The number of hydrogen-bond acceptors (Lipinski definition) is 2. The zero-order valence-corrected chi connectivity index (χ0v) is 13.1. The molecule has 0 aliphatic heterocycles. The number of furan rings is 1. The summed E-state index contributed by atoms with van der Waals surface area (Å²) < 4.78 is 6.82. The molecule has 0 atom stereocenters. The van der Waals surface area contributed by atoms with Crippen molar-refractivity contribution in [3.8, 4) is 0 Å². The van der Waals surface area contributed by atoms with Gasteiger partial charge in [-0.2, -0.15) is 0 Å². The van der Waals surface area contributed by atoms with E-state index in [2.05, 4.69) is 19.8 Å². The Morgan fingerprint density at radius 2 is 1.93 bits per heavy atom. The Bertz CT molecular complexity index is 516. The first-order valence-corrected chi connectivity index (χ1v) is 15.4. The number of aromatic nitrogens is 1. The van der Waals surface area contributed by atoms with E-state index in [9.17, 15) is 0 Å². The number of nitrogens with zero attached hydrogens (tertiary/aromatic N) is 1. The molecule has 0 aromatic carbocycles. The standard InChI is InChI=1S/C7H2Cl2NO.3CH3.Sn/c8-4-3-10-5-1-2-11-7(5)6(4)9;;;;/h1,3H;3*1H3;. The van der Waals surface area contributed by atoms with Crippen LogP contribution in [0.1, 0.15) is 0 Å². The molecule has 0 fully saturated rings. The maximum atomic E-state index is 6.05. The van der Waals surface area contributed by atoms with Crippen molar-refractivity contribution in [1.82, 2.24) is 4.98 Å². The topological polar surface area (TPSA) is 26.0 Å². The average Bonchev–Trinajstić information content (AvgIpc) is 2.55. The Labute approximate surface area is 102 Å². The SMILES string of the molecule is [CH3][Sn]([CH3])([CH3])[c]1cc2ncc(Cl)c(Cl)c2o1. The molecule has 0 aliphatic rings. The van der Waals surface area contributed by atoms with Crippen LogP contribution >= 0.6 is 23.2 Å². The van der Waals surface area contributed by atoms with Gasteiger partial charge in [-0.3, -0.25) is 0 Å². The van der Waals surface area contributed by atoms with Gasteiger partial charge in [0, 0.05) is 0 Å². The molecule has 2 heterocycles. The van der Waals surface area contributed by atoms with E-state index >= 15 is 0 Å². The summed E-state index contributed by atoms with van der Waals surface area (Å²) in [6, 6.07) is 1.99. The third kappa shape index (κ3) is 2.12. The van der Waals surface area contributed by atoms with Crippen LogP contribution in [0.3, 0.4) is 0 Å². The zero-order valence-electron chi connectivity index (χ0n) is 8.77. The van der Waals surface area contributed by atoms with E-state index in [1.54, 1.807) is 6.20 Å². The predicted molar refractivity (Wildman–Crippen MR) is 67.0 cm³/mol. The van der Waals surface area contributed by atoms with Gasteiger partial charge in [0.05, 0.1) is 0 Å². The van der Waals surface area contributed by atoms with Crippen molar-refractivity contribution in [3.05, 3.63) is 22.3 Å². The summed E-state index contributed by atoms with van der Waals surface area (Å²) in [6.07, 6.45) is 1.56. The molecule has 15 heavy (non-hydrogen) atoms. The van der Waals surface area contributed by atoms with Gasteiger partial charge in [0.25, 0.3) is 0 Å². The first kappa shape index (κ1) is 11.6. The molecular formula is C10H11Cl2NOSn. The molecular weight excluding hydrogens is 340 g/mol. The van der Waals surface area contributed by atoms with Crippen molar-refractivity contribution < 1.29 is 4.42 Å². The molecule has 0 bridgehead atoms. The molecule has 5 heteroatoms. The molecule has 0 spiro atoms. The fraction of sp³-hybridized carbons (Fsp3) is 0.300. The monoisotopic (exact) mass is 351 g/mol. The van der Waals surface area contributed by atoms with Crippen molar-refractivity contribution in [2.75, 3.05) is 0 Å². The normalized spacial score (nSPS) is 12.3. The molecule has 0 radical (unpaired) electrons. The third-order valence-electron chi connectivity index (χ3n) is 2.18. The van der Waals surface area contributed by atoms with Gasteiger partial charge in [-0.1, -0.05) is 0 Å². The minimum atomic E-state index is -2.19. The Hall–Kier alpha value is 0.0687. The van der Waals surface area contributed by atoms with Gasteiger partial charge in [-0.05, 0) is 0 Å². The zero-order chi connectivity index (χ0) is 11.2. The van der Waals surface area contributed by atoms with Crippen LogP contribution in [0.15, 0.2) is 16.7 Å². The van der Waals surface area contributed by atoms with E-state index in [0.717, 1.165) is 9.29 Å². The van der Waals surface area contributed by atoms with Crippen molar-refractivity contribution in [2.24, 2.45) is 0 Å². The van der Waals surface area contributed by atoms with Crippen LogP contribution in [0.25, 0.3) is 11.1 Å². The second-order valence-electron chi connectivity index (χ2n) is 4.50. The van der Waals surface area contributed by atoms with Gasteiger partial charge in [0.1, 0.15) is 0 Å². The molecule has 0 aliphatic carbocycles. The van der Waals surface area contributed by atoms with E-state index in [0.29, 0.717) is 15.6 Å². The summed E-state index contributed by atoms with van der Waals surface area (Å²) in [5.74, 6) is 0. The van der Waals surface area contributed by atoms with Crippen LogP contribution in [0, 0.1) is 0 Å². The second-order valence-corrected chi connectivity index (χ2v) is 19.5. The molecule has 80 valence electrons. The molecule has 2 aromatic heterocycles. The summed E-state index contributed by atoms with van der Waals surface area (Å²) in [4.78, 5) is 11.0. The van der Waals surface area contributed by atoms with Gasteiger partial charge in [-0.25, -0.2) is 0 Å². The maximum absolute atomic E-state index is 6.05. The van der Waals surface area contributed by atoms with Crippen LogP contribution in [0.5, 0.6) is 0 Å². The van der Waals surface area contributed by atoms with Crippen molar-refractivity contribution >= 4 is 56.5 Å². The molecule has 2 aromatic rings. The number of halogens is 2. The van der Waals surface area contributed by atoms with E-state index in [4.69, 9.17) is 27.6 Å². The van der Waals surface area contributed by atoms with Gasteiger partial charge in [-0.15, -0.1) is 0 Å². The fourth-order valence-corrected chi connectivity index (χ4v) is 4.41. The molecule has 0 unspecified atom stereocenters. The van der Waals surface area contributed by atoms with Crippen molar-refractivity contribution in [3.63, 3.8) is 0 Å². The van der Waals surface area contributed by atoms with Crippen LogP contribution in [-0.2, 0) is 0 Å². The Morgan fingerprint density at radius 3 is 2.53 bits per heavy atom. The number of fused-ring (bicyclic) bond motifs is 1. The minimum absolute atomic E-state index is 0.439. The first-order chi connectivity index (χ1) is 6.89. The van der Waals surface area contributed by atoms with E-state index in [1.165, 1.54) is 0 Å². The second kappa shape index (κ2) is 3.82. The van der Waals surface area contributed by atoms with Crippen LogP contribution in [0.4, 0.5) is 0 Å². The number of pyridine rings is 1. The number of rotatable bonds is 1. The van der Waals surface area contributed by atoms with Gasteiger partial charge >= 0.3 is 103 Å². The van der Waals surface area contributed by atoms with E-state index in [1.807, 2.05) is 6.07 Å². The van der Waals surface area contributed by atoms with Crippen LogP contribution in [-0.4, -0.2) is 23.4 Å². The van der Waals surface area contributed by atoms with Gasteiger partial charge < -0.3 is 0 Å². The Kier molecular flexibility index (Phi) is 2.94. The van der Waals surface area contributed by atoms with E-state index < -0.39 is 18.4 Å². The van der Waals surface area contributed by atoms with Crippen molar-refractivity contribution in [2.45, 2.75) is 14.8 Å². The first-order valence-electron chi connectivity index (χ1n) is 4.63. The molecule has 0 amide bonds. The van der Waals surface area contributed by atoms with E-state index in [-0.39, 0.29) is 0 Å². The summed E-state index contributed by atoms with van der Waals surface area (Å²) in [5.41, 5.74) is 1.41. The summed E-state index contributed by atoms with van der Waals surface area (Å²) in [6.45, 7) is 0. The summed E-state index contributed by atoms with van der Waals surface area (Å²) in [7, 11) is 0. The fourth-order valence-electron chi connectivity index (χ4n) is 1.30. The Balaban J connectivity index is 2.72. The Morgan fingerprint density at radius 1 is 1.27 bits per heavy atom. The quantitative estimate of drug-likeness (QED) is 0.733. The molecule has 2 rings (SSSR count). The third-order valence-corrected chi connectivity index (χ3v) is 7.86. The molecule has 0 N–H and O–H groups in total. The summed E-state index contributed by atoms with van der Waals surface area (Å²) >= 11 is 9.74. The van der Waals surface area contributed by atoms with Gasteiger partial charge in [0.2, 0.25) is 0 Å². The molecule has 2 nitrogen and oxygen atoms in total. The molecule has 0 saturated heterocycles. The van der Waals surface area contributed by atoms with Crippen LogP contribution < -0.4 is 3.78 Å². The number of hydrogen-bond donors (Lipinski definition) is 0.